The zero-order valence-corrected chi connectivity index (χ0v) is 6.38. The van der Waals surface area contributed by atoms with Crippen LogP contribution in [0.5, 0.6) is 0 Å². The van der Waals surface area contributed by atoms with Gasteiger partial charge >= 0.3 is 5.51 Å². The van der Waals surface area contributed by atoms with Crippen LogP contribution < -0.4 is 0 Å². The second-order valence-corrected chi connectivity index (χ2v) is 4.29. The minimum absolute atomic E-state index is 0.0259. The van der Waals surface area contributed by atoms with Crippen LogP contribution in [0.4, 0.5) is 13.2 Å². The number of allylic oxidation sites excluding steroid dienone is 2. The molecule has 0 heterocycles. The van der Waals surface area contributed by atoms with Crippen molar-refractivity contribution in [2.75, 3.05) is 0 Å². The normalized spacial score (nSPS) is 18.9. The molecular formula is C5H5F3O2S. The molecule has 64 valence electrons. The molecule has 0 aromatic rings. The first-order valence-corrected chi connectivity index (χ1v) is 4.25. The van der Waals surface area contributed by atoms with Gasteiger partial charge in [0, 0.05) is 6.42 Å². The monoisotopic (exact) mass is 186 g/mol. The van der Waals surface area contributed by atoms with E-state index in [1.807, 2.05) is 0 Å². The third kappa shape index (κ3) is 1.26. The summed E-state index contributed by atoms with van der Waals surface area (Å²) in [6.45, 7) is 1.37. The summed E-state index contributed by atoms with van der Waals surface area (Å²) in [5.41, 5.74) is -4.82. The minimum atomic E-state index is -5.12. The number of halogens is 3. The lowest BCUT2D eigenvalue weighted by Crippen LogP contribution is -2.21. The first kappa shape index (κ1) is 8.58. The van der Waals surface area contributed by atoms with Crippen LogP contribution in [0.1, 0.15) is 13.3 Å². The van der Waals surface area contributed by atoms with E-state index in [2.05, 4.69) is 0 Å². The fraction of sp³-hybridized carbons (Fsp3) is 0.600. The Kier molecular flexibility index (Phi) is 1.56. The first-order valence-electron chi connectivity index (χ1n) is 2.77. The summed E-state index contributed by atoms with van der Waals surface area (Å²) in [6.07, 6.45) is -0.0259. The summed E-state index contributed by atoms with van der Waals surface area (Å²) in [7, 11) is -4.97. The lowest BCUT2D eigenvalue weighted by Gasteiger charge is -2.02. The summed E-state index contributed by atoms with van der Waals surface area (Å²) in [5, 5.41) is 0. The van der Waals surface area contributed by atoms with Gasteiger partial charge in [-0.25, -0.2) is 8.42 Å². The van der Waals surface area contributed by atoms with Crippen molar-refractivity contribution in [3.63, 3.8) is 0 Å². The number of hydrogen-bond donors (Lipinski definition) is 0. The molecular weight excluding hydrogens is 181 g/mol. The molecule has 2 nitrogen and oxygen atoms in total. The lowest BCUT2D eigenvalue weighted by atomic mass is 10.6. The van der Waals surface area contributed by atoms with Crippen molar-refractivity contribution in [1.29, 1.82) is 0 Å². The topological polar surface area (TPSA) is 34.1 Å². The Morgan fingerprint density at radius 3 is 1.82 bits per heavy atom. The average molecular weight is 186 g/mol. The maximum atomic E-state index is 11.7. The largest absolute Gasteiger partial charge is 0.501 e. The highest BCUT2D eigenvalue weighted by atomic mass is 32.2. The van der Waals surface area contributed by atoms with E-state index in [-0.39, 0.29) is 6.42 Å². The molecule has 1 aliphatic carbocycles. The van der Waals surface area contributed by atoms with Gasteiger partial charge in [-0.3, -0.25) is 0 Å². The van der Waals surface area contributed by atoms with Gasteiger partial charge in [0.1, 0.15) is 0 Å². The summed E-state index contributed by atoms with van der Waals surface area (Å²) < 4.78 is 55.9. The Morgan fingerprint density at radius 1 is 1.36 bits per heavy atom. The van der Waals surface area contributed by atoms with Crippen molar-refractivity contribution in [3.05, 3.63) is 10.5 Å². The van der Waals surface area contributed by atoms with Gasteiger partial charge < -0.3 is 0 Å². The average Bonchev–Trinajstić information content (AvgIpc) is 2.43. The lowest BCUT2D eigenvalue weighted by molar-refractivity contribution is -0.0425. The maximum Gasteiger partial charge on any atom is 0.501 e. The van der Waals surface area contributed by atoms with Crippen LogP contribution in [-0.2, 0) is 9.84 Å². The van der Waals surface area contributed by atoms with Crippen LogP contribution in [0.3, 0.4) is 0 Å². The predicted molar refractivity (Wildman–Crippen MR) is 32.3 cm³/mol. The Morgan fingerprint density at radius 2 is 1.73 bits per heavy atom. The zero-order chi connectivity index (χ0) is 8.86. The molecule has 0 aliphatic heterocycles. The van der Waals surface area contributed by atoms with E-state index < -0.39 is 20.3 Å². The molecule has 0 unspecified atom stereocenters. The fourth-order valence-corrected chi connectivity index (χ4v) is 1.81. The van der Waals surface area contributed by atoms with Gasteiger partial charge in [-0.2, -0.15) is 13.2 Å². The molecule has 0 radical (unpaired) electrons. The van der Waals surface area contributed by atoms with E-state index in [1.165, 1.54) is 6.92 Å². The van der Waals surface area contributed by atoms with Gasteiger partial charge in [0.05, 0.1) is 4.91 Å². The molecule has 0 aromatic heterocycles. The number of alkyl halides is 3. The van der Waals surface area contributed by atoms with Crippen LogP contribution in [0, 0.1) is 0 Å². The molecule has 1 aliphatic rings. The minimum Gasteiger partial charge on any atom is -0.215 e. The van der Waals surface area contributed by atoms with Gasteiger partial charge in [0.2, 0.25) is 0 Å². The summed E-state index contributed by atoms with van der Waals surface area (Å²) in [6, 6.07) is 0. The second kappa shape index (κ2) is 2.00. The zero-order valence-electron chi connectivity index (χ0n) is 5.57. The number of sulfone groups is 1. The van der Waals surface area contributed by atoms with E-state index in [4.69, 9.17) is 0 Å². The summed E-state index contributed by atoms with van der Waals surface area (Å²) in [4.78, 5) is -0.468. The highest BCUT2D eigenvalue weighted by molar-refractivity contribution is 7.96. The third-order valence-electron chi connectivity index (χ3n) is 1.41. The van der Waals surface area contributed by atoms with Gasteiger partial charge in [0.15, 0.2) is 0 Å². The Hall–Kier alpha value is -0.520. The molecule has 0 amide bonds. The molecule has 0 fully saturated rings. The van der Waals surface area contributed by atoms with Crippen LogP contribution in [0.15, 0.2) is 10.5 Å². The second-order valence-electron chi connectivity index (χ2n) is 2.33. The van der Waals surface area contributed by atoms with Gasteiger partial charge in [-0.1, -0.05) is 5.57 Å². The summed E-state index contributed by atoms with van der Waals surface area (Å²) in [5.74, 6) is 0. The van der Waals surface area contributed by atoms with Crippen molar-refractivity contribution in [2.45, 2.75) is 18.9 Å². The van der Waals surface area contributed by atoms with Crippen LogP contribution >= 0.6 is 0 Å². The molecule has 0 N–H and O–H groups in total. The standard InChI is InChI=1S/C5H5F3O2S/c1-3-2-4(3)11(9,10)5(6,7)8/h2H2,1H3. The summed E-state index contributed by atoms with van der Waals surface area (Å²) >= 11 is 0. The number of hydrogen-bond acceptors (Lipinski definition) is 2. The van der Waals surface area contributed by atoms with Gasteiger partial charge in [-0.05, 0) is 6.92 Å². The molecule has 0 atom stereocenters. The molecule has 0 aromatic carbocycles. The van der Waals surface area contributed by atoms with E-state index in [1.54, 1.807) is 0 Å². The molecule has 1 rings (SSSR count). The van der Waals surface area contributed by atoms with E-state index >= 15 is 0 Å². The van der Waals surface area contributed by atoms with Crippen LogP contribution in [-0.4, -0.2) is 13.9 Å². The van der Waals surface area contributed by atoms with E-state index in [0.29, 0.717) is 5.57 Å². The highest BCUT2D eigenvalue weighted by Gasteiger charge is 2.51. The molecule has 11 heavy (non-hydrogen) atoms. The van der Waals surface area contributed by atoms with Crippen LogP contribution in [0.2, 0.25) is 0 Å². The van der Waals surface area contributed by atoms with E-state index in [9.17, 15) is 21.6 Å². The Labute approximate surface area is 61.6 Å². The third-order valence-corrected chi connectivity index (χ3v) is 3.16. The maximum absolute atomic E-state index is 11.7. The van der Waals surface area contributed by atoms with Crippen molar-refractivity contribution in [1.82, 2.24) is 0 Å². The van der Waals surface area contributed by atoms with Gasteiger partial charge in [-0.15, -0.1) is 0 Å². The van der Waals surface area contributed by atoms with Crippen molar-refractivity contribution in [2.24, 2.45) is 0 Å². The Bertz CT molecular complexity index is 309. The van der Waals surface area contributed by atoms with Gasteiger partial charge in [0.25, 0.3) is 9.84 Å². The number of rotatable bonds is 1. The highest BCUT2D eigenvalue weighted by Crippen LogP contribution is 2.42. The fourth-order valence-electron chi connectivity index (χ4n) is 0.661. The van der Waals surface area contributed by atoms with Crippen molar-refractivity contribution >= 4 is 9.84 Å². The predicted octanol–water partition coefficient (Wildman–Crippen LogP) is 1.60. The molecule has 0 saturated carbocycles. The quantitative estimate of drug-likeness (QED) is 0.623. The molecule has 0 spiro atoms. The SMILES string of the molecule is CC1=C(S(=O)(=O)C(F)(F)F)C1. The van der Waals surface area contributed by atoms with Crippen molar-refractivity contribution < 1.29 is 21.6 Å². The van der Waals surface area contributed by atoms with Crippen molar-refractivity contribution in [3.8, 4) is 0 Å². The molecule has 6 heteroatoms. The van der Waals surface area contributed by atoms with E-state index in [0.717, 1.165) is 0 Å². The molecule has 0 saturated heterocycles. The molecule has 0 bridgehead atoms. The van der Waals surface area contributed by atoms with Crippen LogP contribution in [0.25, 0.3) is 0 Å². The smallest absolute Gasteiger partial charge is 0.215 e. The Balaban J connectivity index is 3.05. The first-order chi connectivity index (χ1) is 4.77.